The summed E-state index contributed by atoms with van der Waals surface area (Å²) in [4.78, 5) is 10.6. The van der Waals surface area contributed by atoms with Gasteiger partial charge in [0.15, 0.2) is 11.6 Å². The summed E-state index contributed by atoms with van der Waals surface area (Å²) in [6.45, 7) is 0.393. The number of hydrogen-bond acceptors (Lipinski definition) is 4. The molecule has 6 heteroatoms. The van der Waals surface area contributed by atoms with Gasteiger partial charge in [-0.2, -0.15) is 0 Å². The maximum absolute atomic E-state index is 10.6. The largest absolute Gasteiger partial charge is 0.426 e. The van der Waals surface area contributed by atoms with Crippen LogP contribution in [0.15, 0.2) is 46.9 Å². The number of para-hydroxylation sites is 2. The summed E-state index contributed by atoms with van der Waals surface area (Å²) in [6.07, 6.45) is 0. The number of halogens is 1. The molecule has 3 rings (SSSR count). The summed E-state index contributed by atoms with van der Waals surface area (Å²) >= 11 is 3.43. The molecule has 0 spiro atoms. The molecule has 2 aromatic carbocycles. The number of nitrogens with zero attached hydrogens (tertiary/aromatic N) is 2. The zero-order valence-electron chi connectivity index (χ0n) is 10.3. The molecule has 0 radical (unpaired) electrons. The first-order chi connectivity index (χ1) is 9.70. The molecular weight excluding hydrogens is 322 g/mol. The number of aromatic nitrogens is 2. The van der Waals surface area contributed by atoms with Crippen LogP contribution in [0.4, 0.5) is 5.82 Å². The van der Waals surface area contributed by atoms with Crippen molar-refractivity contribution in [2.75, 3.05) is 5.73 Å². The van der Waals surface area contributed by atoms with Crippen LogP contribution >= 0.6 is 15.9 Å². The predicted molar refractivity (Wildman–Crippen MR) is 79.9 cm³/mol. The third-order valence-corrected chi connectivity index (χ3v) is 3.43. The van der Waals surface area contributed by atoms with E-state index < -0.39 is 0 Å². The van der Waals surface area contributed by atoms with Gasteiger partial charge in [0.05, 0.1) is 5.52 Å². The van der Waals surface area contributed by atoms with E-state index in [1.807, 2.05) is 30.3 Å². The Morgan fingerprint density at radius 2 is 2.05 bits per heavy atom. The molecule has 1 aromatic heterocycles. The van der Waals surface area contributed by atoms with Crippen LogP contribution in [0.1, 0.15) is 0 Å². The first-order valence-corrected chi connectivity index (χ1v) is 6.63. The lowest BCUT2D eigenvalue weighted by Gasteiger charge is -2.08. The molecule has 0 aliphatic heterocycles. The molecular formula is C14H10BrN3O2. The summed E-state index contributed by atoms with van der Waals surface area (Å²) in [6, 6.07) is 12.8. The average Bonchev–Trinajstić information content (AvgIpc) is 2.76. The number of nitrogen functional groups attached to an aromatic ring is 1. The summed E-state index contributed by atoms with van der Waals surface area (Å²) in [5.74, 6) is 0.847. The normalized spacial score (nSPS) is 10.7. The second kappa shape index (κ2) is 4.97. The first-order valence-electron chi connectivity index (χ1n) is 5.84. The van der Waals surface area contributed by atoms with Crippen molar-refractivity contribution in [2.45, 2.75) is 0 Å². The number of nitrogens with two attached hydrogens (primary N) is 1. The van der Waals surface area contributed by atoms with E-state index in [2.05, 4.69) is 21.0 Å². The monoisotopic (exact) mass is 331 g/mol. The Balaban J connectivity index is 2.29. The lowest BCUT2D eigenvalue weighted by Crippen LogP contribution is -2.01. The Morgan fingerprint density at radius 1 is 1.25 bits per heavy atom. The zero-order chi connectivity index (χ0) is 14.1. The fourth-order valence-electron chi connectivity index (χ4n) is 2.08. The highest BCUT2D eigenvalue weighted by Crippen LogP contribution is 2.30. The van der Waals surface area contributed by atoms with E-state index in [0.29, 0.717) is 23.7 Å². The smallest absolute Gasteiger partial charge is 0.298 e. The van der Waals surface area contributed by atoms with E-state index in [-0.39, 0.29) is 0 Å². The lowest BCUT2D eigenvalue weighted by atomic mass is 10.2. The van der Waals surface area contributed by atoms with Crippen LogP contribution in [0.5, 0.6) is 5.75 Å². The van der Waals surface area contributed by atoms with Crippen molar-refractivity contribution in [3.05, 3.63) is 46.9 Å². The van der Waals surface area contributed by atoms with Crippen LogP contribution in [0, 0.1) is 0 Å². The molecule has 5 nitrogen and oxygen atoms in total. The SMILES string of the molecule is Nc1nn(-c2ccccc2OC=O)c2cc(Br)ccc12. The molecule has 0 saturated carbocycles. The fourth-order valence-corrected chi connectivity index (χ4v) is 2.43. The molecule has 0 unspecified atom stereocenters. The van der Waals surface area contributed by atoms with Crippen molar-refractivity contribution in [2.24, 2.45) is 0 Å². The topological polar surface area (TPSA) is 70.1 Å². The minimum Gasteiger partial charge on any atom is -0.426 e. The molecule has 0 aliphatic rings. The van der Waals surface area contributed by atoms with E-state index in [9.17, 15) is 4.79 Å². The zero-order valence-corrected chi connectivity index (χ0v) is 11.9. The van der Waals surface area contributed by atoms with Gasteiger partial charge in [-0.25, -0.2) is 4.68 Å². The van der Waals surface area contributed by atoms with Gasteiger partial charge >= 0.3 is 0 Å². The molecule has 0 bridgehead atoms. The van der Waals surface area contributed by atoms with E-state index in [0.717, 1.165) is 15.4 Å². The van der Waals surface area contributed by atoms with Crippen molar-refractivity contribution in [1.82, 2.24) is 9.78 Å². The van der Waals surface area contributed by atoms with Gasteiger partial charge in [0.25, 0.3) is 6.47 Å². The number of carbonyl (C=O) groups excluding carboxylic acids is 1. The average molecular weight is 332 g/mol. The van der Waals surface area contributed by atoms with Crippen molar-refractivity contribution in [3.63, 3.8) is 0 Å². The molecule has 100 valence electrons. The van der Waals surface area contributed by atoms with Crippen LogP contribution in [-0.4, -0.2) is 16.3 Å². The number of fused-ring (bicyclic) bond motifs is 1. The van der Waals surface area contributed by atoms with Gasteiger partial charge in [-0.3, -0.25) is 4.79 Å². The van der Waals surface area contributed by atoms with Crippen LogP contribution in [-0.2, 0) is 4.79 Å². The van der Waals surface area contributed by atoms with Crippen LogP contribution in [0.25, 0.3) is 16.6 Å². The molecule has 0 saturated heterocycles. The van der Waals surface area contributed by atoms with E-state index >= 15 is 0 Å². The molecule has 20 heavy (non-hydrogen) atoms. The predicted octanol–water partition coefficient (Wildman–Crippen LogP) is 2.91. The molecule has 2 N–H and O–H groups in total. The molecule has 0 aliphatic carbocycles. The Bertz CT molecular complexity index is 798. The number of rotatable bonds is 3. The van der Waals surface area contributed by atoms with Gasteiger partial charge in [0.2, 0.25) is 0 Å². The second-order valence-corrected chi connectivity index (χ2v) is 5.06. The fraction of sp³-hybridized carbons (Fsp3) is 0. The number of benzene rings is 2. The Labute approximate surface area is 123 Å². The Kier molecular flexibility index (Phi) is 3.15. The Hall–Kier alpha value is -2.34. The minimum atomic E-state index is 0.393. The first kappa shape index (κ1) is 12.7. The van der Waals surface area contributed by atoms with E-state index in [1.54, 1.807) is 16.8 Å². The Morgan fingerprint density at radius 3 is 2.85 bits per heavy atom. The van der Waals surface area contributed by atoms with E-state index in [1.165, 1.54) is 0 Å². The quantitative estimate of drug-likeness (QED) is 0.749. The summed E-state index contributed by atoms with van der Waals surface area (Å²) in [5.41, 5.74) is 7.42. The third kappa shape index (κ3) is 2.04. The number of ether oxygens (including phenoxy) is 1. The van der Waals surface area contributed by atoms with Crippen LogP contribution in [0.3, 0.4) is 0 Å². The van der Waals surface area contributed by atoms with Crippen molar-refractivity contribution < 1.29 is 9.53 Å². The maximum Gasteiger partial charge on any atom is 0.298 e. The van der Waals surface area contributed by atoms with Crippen molar-refractivity contribution >= 4 is 39.1 Å². The lowest BCUT2D eigenvalue weighted by molar-refractivity contribution is -0.120. The van der Waals surface area contributed by atoms with Gasteiger partial charge in [-0.05, 0) is 30.3 Å². The maximum atomic E-state index is 10.6. The molecule has 0 fully saturated rings. The van der Waals surface area contributed by atoms with E-state index in [4.69, 9.17) is 10.5 Å². The van der Waals surface area contributed by atoms with Crippen molar-refractivity contribution in [3.8, 4) is 11.4 Å². The third-order valence-electron chi connectivity index (χ3n) is 2.94. The number of hydrogen-bond donors (Lipinski definition) is 1. The standard InChI is InChI=1S/C14H10BrN3O2/c15-9-5-6-10-12(7-9)18(17-14(10)16)11-3-1-2-4-13(11)20-8-19/h1-8H,(H2,16,17). The van der Waals surface area contributed by atoms with Gasteiger partial charge in [0.1, 0.15) is 5.69 Å². The van der Waals surface area contributed by atoms with Crippen LogP contribution < -0.4 is 10.5 Å². The molecule has 0 amide bonds. The number of anilines is 1. The molecule has 0 atom stereocenters. The molecule has 1 heterocycles. The van der Waals surface area contributed by atoms with Crippen molar-refractivity contribution in [1.29, 1.82) is 0 Å². The number of carbonyl (C=O) groups is 1. The highest BCUT2D eigenvalue weighted by Gasteiger charge is 2.13. The van der Waals surface area contributed by atoms with Gasteiger partial charge in [-0.15, -0.1) is 5.10 Å². The summed E-state index contributed by atoms with van der Waals surface area (Å²) in [7, 11) is 0. The van der Waals surface area contributed by atoms with Gasteiger partial charge < -0.3 is 10.5 Å². The highest BCUT2D eigenvalue weighted by molar-refractivity contribution is 9.10. The highest BCUT2D eigenvalue weighted by atomic mass is 79.9. The second-order valence-electron chi connectivity index (χ2n) is 4.14. The van der Waals surface area contributed by atoms with Gasteiger partial charge in [0, 0.05) is 9.86 Å². The van der Waals surface area contributed by atoms with Gasteiger partial charge in [-0.1, -0.05) is 28.1 Å². The minimum absolute atomic E-state index is 0.393. The molecule has 3 aromatic rings. The summed E-state index contributed by atoms with van der Waals surface area (Å²) < 4.78 is 7.56. The summed E-state index contributed by atoms with van der Waals surface area (Å²) in [5, 5.41) is 5.16. The van der Waals surface area contributed by atoms with Crippen LogP contribution in [0.2, 0.25) is 0 Å².